The van der Waals surface area contributed by atoms with E-state index in [9.17, 15) is 24.0 Å². The Bertz CT molecular complexity index is 1750. The first-order valence-corrected chi connectivity index (χ1v) is 18.2. The summed E-state index contributed by atoms with van der Waals surface area (Å²) in [5.41, 5.74) is 2.36. The van der Waals surface area contributed by atoms with E-state index in [-0.39, 0.29) is 31.7 Å². The number of urea groups is 1. The molecule has 0 bridgehead atoms. The van der Waals surface area contributed by atoms with Crippen molar-refractivity contribution in [2.24, 2.45) is 16.8 Å². The molecule has 278 valence electrons. The summed E-state index contributed by atoms with van der Waals surface area (Å²) in [5, 5.41) is 2.63. The molecule has 0 spiro atoms. The molecule has 13 heteroatoms. The summed E-state index contributed by atoms with van der Waals surface area (Å²) in [5.74, 6) is -1.96. The number of piperidine rings is 2. The van der Waals surface area contributed by atoms with Gasteiger partial charge in [0.05, 0.1) is 5.92 Å². The number of guanidine groups is 1. The number of β-lactam (4-membered cyclic amide) rings is 1. The monoisotopic (exact) mass is 723 g/mol. The molecule has 3 saturated heterocycles. The first-order valence-electron chi connectivity index (χ1n) is 18.2. The molecule has 3 aliphatic rings. The predicted octanol–water partition coefficient (Wildman–Crippen LogP) is 5.88. The lowest BCUT2D eigenvalue weighted by Crippen LogP contribution is -2.69. The number of carbonyl (C=O) groups is 5. The van der Waals surface area contributed by atoms with Crippen LogP contribution in [0, 0.1) is 11.8 Å². The highest BCUT2D eigenvalue weighted by molar-refractivity contribution is 6.08. The van der Waals surface area contributed by atoms with Crippen LogP contribution in [0.25, 0.3) is 0 Å². The van der Waals surface area contributed by atoms with E-state index >= 15 is 0 Å². The van der Waals surface area contributed by atoms with Gasteiger partial charge in [0.2, 0.25) is 11.9 Å². The average molecular weight is 724 g/mol. The Morgan fingerprint density at radius 2 is 1.23 bits per heavy atom. The van der Waals surface area contributed by atoms with Crippen molar-refractivity contribution < 1.29 is 38.2 Å². The molecule has 2 unspecified atom stereocenters. The van der Waals surface area contributed by atoms with Gasteiger partial charge in [-0.25, -0.2) is 24.1 Å². The summed E-state index contributed by atoms with van der Waals surface area (Å²) in [6.07, 6.45) is 2.68. The SMILES string of the molecule is O=C(N=C(NC(=O)OCc1ccccc1)N1CCCC(C[C@H]2C(=O)N(C(=O)N3CCCCC3)C2C(=O)OCc2ccccc2)C1)OCc1ccccc1. The van der Waals surface area contributed by atoms with Crippen LogP contribution in [0.5, 0.6) is 0 Å². The standard InChI is InChI=1S/C40H45N5O8/c46-35-33(34(36(47)51-26-29-14-5-1-6-15-29)45(35)40(50)43-21-11-4-12-22-43)24-32-20-13-23-44(25-32)37(41-38(48)52-27-30-16-7-2-8-17-30)42-39(49)53-28-31-18-9-3-10-19-31/h1-3,5-10,14-19,32-34H,4,11-13,20-28H2,(H,41,42,48,49)/t32?,33-,34?/m1/s1. The van der Waals surface area contributed by atoms with E-state index in [4.69, 9.17) is 14.2 Å². The number of rotatable bonds is 9. The van der Waals surface area contributed by atoms with Gasteiger partial charge in [0.25, 0.3) is 0 Å². The number of benzene rings is 3. The van der Waals surface area contributed by atoms with Crippen molar-refractivity contribution in [3.8, 4) is 0 Å². The van der Waals surface area contributed by atoms with Gasteiger partial charge in [-0.15, -0.1) is 4.99 Å². The molecule has 0 aliphatic carbocycles. The molecule has 3 aliphatic heterocycles. The number of carbonyl (C=O) groups excluding carboxylic acids is 5. The molecular formula is C40H45N5O8. The second-order valence-corrected chi connectivity index (χ2v) is 13.5. The zero-order chi connectivity index (χ0) is 37.0. The molecule has 3 aromatic carbocycles. The molecule has 3 atom stereocenters. The number of esters is 1. The van der Waals surface area contributed by atoms with Gasteiger partial charge >= 0.3 is 24.2 Å². The van der Waals surface area contributed by atoms with Gasteiger partial charge in [-0.2, -0.15) is 0 Å². The topological polar surface area (TPSA) is 147 Å². The van der Waals surface area contributed by atoms with Crippen LogP contribution >= 0.6 is 0 Å². The smallest absolute Gasteiger partial charge is 0.437 e. The summed E-state index contributed by atoms with van der Waals surface area (Å²) in [6.45, 7) is 1.88. The number of likely N-dealkylation sites (tertiary alicyclic amines) is 3. The molecule has 6 rings (SSSR count). The van der Waals surface area contributed by atoms with Gasteiger partial charge in [0, 0.05) is 26.2 Å². The number of amides is 5. The normalized spacial score (nSPS) is 20.2. The zero-order valence-corrected chi connectivity index (χ0v) is 29.6. The third-order valence-electron chi connectivity index (χ3n) is 9.75. The fraction of sp³-hybridized carbons (Fsp3) is 0.400. The number of alkyl carbamates (subject to hydrolysis) is 1. The summed E-state index contributed by atoms with van der Waals surface area (Å²) < 4.78 is 16.5. The van der Waals surface area contributed by atoms with Crippen molar-refractivity contribution >= 4 is 36.1 Å². The second kappa shape index (κ2) is 18.2. The highest BCUT2D eigenvalue weighted by atomic mass is 16.6. The van der Waals surface area contributed by atoms with E-state index in [1.807, 2.05) is 91.0 Å². The lowest BCUT2D eigenvalue weighted by atomic mass is 9.78. The zero-order valence-electron chi connectivity index (χ0n) is 29.6. The maximum Gasteiger partial charge on any atom is 0.437 e. The molecule has 3 fully saturated rings. The number of aliphatic imine (C=N–C) groups is 1. The quantitative estimate of drug-likeness (QED) is 0.0940. The van der Waals surface area contributed by atoms with Gasteiger partial charge < -0.3 is 24.0 Å². The first-order chi connectivity index (χ1) is 25.9. The van der Waals surface area contributed by atoms with Gasteiger partial charge in [-0.3, -0.25) is 10.1 Å². The van der Waals surface area contributed by atoms with Gasteiger partial charge in [0.1, 0.15) is 19.8 Å². The summed E-state index contributed by atoms with van der Waals surface area (Å²) >= 11 is 0. The van der Waals surface area contributed by atoms with Crippen molar-refractivity contribution in [2.75, 3.05) is 26.2 Å². The lowest BCUT2D eigenvalue weighted by Gasteiger charge is -2.47. The Balaban J connectivity index is 1.15. The Hall–Kier alpha value is -5.72. The molecule has 1 N–H and O–H groups in total. The van der Waals surface area contributed by atoms with Crippen molar-refractivity contribution in [3.63, 3.8) is 0 Å². The van der Waals surface area contributed by atoms with E-state index in [0.717, 1.165) is 47.3 Å². The second-order valence-electron chi connectivity index (χ2n) is 13.5. The van der Waals surface area contributed by atoms with Crippen LogP contribution in [-0.2, 0) is 43.6 Å². The Morgan fingerprint density at radius 1 is 0.679 bits per heavy atom. The van der Waals surface area contributed by atoms with Crippen LogP contribution in [0.4, 0.5) is 14.4 Å². The highest BCUT2D eigenvalue weighted by Gasteiger charge is 2.56. The Morgan fingerprint density at radius 3 is 1.83 bits per heavy atom. The predicted molar refractivity (Wildman–Crippen MR) is 194 cm³/mol. The third kappa shape index (κ3) is 10.00. The number of hydrogen-bond donors (Lipinski definition) is 1. The van der Waals surface area contributed by atoms with Crippen LogP contribution in [0.3, 0.4) is 0 Å². The van der Waals surface area contributed by atoms with Crippen molar-refractivity contribution in [2.45, 2.75) is 64.4 Å². The summed E-state index contributed by atoms with van der Waals surface area (Å²) in [7, 11) is 0. The number of nitrogens with zero attached hydrogens (tertiary/aromatic N) is 4. The van der Waals surface area contributed by atoms with Crippen LogP contribution in [0.15, 0.2) is 96.0 Å². The fourth-order valence-corrected chi connectivity index (χ4v) is 6.99. The largest absolute Gasteiger partial charge is 0.459 e. The summed E-state index contributed by atoms with van der Waals surface area (Å²) in [4.78, 5) is 75.4. The third-order valence-corrected chi connectivity index (χ3v) is 9.75. The van der Waals surface area contributed by atoms with Gasteiger partial charge in [-0.1, -0.05) is 91.0 Å². The fourth-order valence-electron chi connectivity index (χ4n) is 6.99. The molecule has 0 saturated carbocycles. The Kier molecular flexibility index (Phi) is 12.7. The molecule has 13 nitrogen and oxygen atoms in total. The van der Waals surface area contributed by atoms with Crippen LogP contribution in [0.2, 0.25) is 0 Å². The maximum atomic E-state index is 13.7. The van der Waals surface area contributed by atoms with Gasteiger partial charge in [0.15, 0.2) is 6.04 Å². The van der Waals surface area contributed by atoms with Crippen LogP contribution < -0.4 is 5.32 Å². The molecule has 3 aromatic rings. The Labute approximate surface area is 308 Å². The van der Waals surface area contributed by atoms with E-state index in [1.165, 1.54) is 0 Å². The van der Waals surface area contributed by atoms with Crippen molar-refractivity contribution in [3.05, 3.63) is 108 Å². The number of imide groups is 1. The van der Waals surface area contributed by atoms with E-state index in [2.05, 4.69) is 10.3 Å². The van der Waals surface area contributed by atoms with Crippen LogP contribution in [-0.4, -0.2) is 83.0 Å². The lowest BCUT2D eigenvalue weighted by molar-refractivity contribution is -0.172. The average Bonchev–Trinajstić information content (AvgIpc) is 3.20. The van der Waals surface area contributed by atoms with Crippen LogP contribution in [0.1, 0.15) is 55.2 Å². The molecule has 0 aromatic heterocycles. The van der Waals surface area contributed by atoms with E-state index in [1.54, 1.807) is 9.80 Å². The highest BCUT2D eigenvalue weighted by Crippen LogP contribution is 2.37. The van der Waals surface area contributed by atoms with Crippen molar-refractivity contribution in [1.82, 2.24) is 20.0 Å². The minimum Gasteiger partial charge on any atom is -0.459 e. The molecular weight excluding hydrogens is 678 g/mol. The molecule has 5 amide bonds. The molecule has 53 heavy (non-hydrogen) atoms. The van der Waals surface area contributed by atoms with E-state index in [0.29, 0.717) is 39.0 Å². The first kappa shape index (κ1) is 37.1. The maximum absolute atomic E-state index is 13.7. The minimum absolute atomic E-state index is 0.00423. The molecule has 0 radical (unpaired) electrons. The number of ether oxygens (including phenoxy) is 3. The molecule has 3 heterocycles. The number of hydrogen-bond acceptors (Lipinski definition) is 8. The van der Waals surface area contributed by atoms with Crippen molar-refractivity contribution in [1.29, 1.82) is 0 Å². The van der Waals surface area contributed by atoms with Gasteiger partial charge in [-0.05, 0) is 61.1 Å². The minimum atomic E-state index is -1.05. The van der Waals surface area contributed by atoms with E-state index < -0.39 is 42.1 Å². The summed E-state index contributed by atoms with van der Waals surface area (Å²) in [6, 6.07) is 26.1. The number of nitrogens with one attached hydrogen (secondary N) is 1.